The molecule has 25 heavy (non-hydrogen) atoms. The molecule has 0 aliphatic rings. The van der Waals surface area contributed by atoms with Gasteiger partial charge in [0.2, 0.25) is 0 Å². The minimum absolute atomic E-state index is 0.241. The van der Waals surface area contributed by atoms with E-state index in [4.69, 9.17) is 11.6 Å². The van der Waals surface area contributed by atoms with Crippen LogP contribution < -0.4 is 5.32 Å². The summed E-state index contributed by atoms with van der Waals surface area (Å²) in [5.74, 6) is -0.716. The molecule has 7 heteroatoms. The van der Waals surface area contributed by atoms with Crippen LogP contribution in [-0.2, 0) is 6.18 Å². The predicted octanol–water partition coefficient (Wildman–Crippen LogP) is 5.47. The van der Waals surface area contributed by atoms with Crippen LogP contribution in [0.3, 0.4) is 0 Å². The van der Waals surface area contributed by atoms with Gasteiger partial charge in [0.05, 0.1) is 27.4 Å². The summed E-state index contributed by atoms with van der Waals surface area (Å²) in [4.78, 5) is 16.8. The summed E-state index contributed by atoms with van der Waals surface area (Å²) >= 11 is 5.81. The fraction of sp³-hybridized carbons (Fsp3) is 0.111. The Morgan fingerprint density at radius 3 is 2.56 bits per heavy atom. The van der Waals surface area contributed by atoms with E-state index in [-0.39, 0.29) is 5.56 Å². The van der Waals surface area contributed by atoms with E-state index < -0.39 is 22.7 Å². The van der Waals surface area contributed by atoms with Gasteiger partial charge in [0.25, 0.3) is 5.91 Å². The molecule has 3 aromatic rings. The van der Waals surface area contributed by atoms with E-state index in [1.54, 1.807) is 31.2 Å². The Kier molecular flexibility index (Phi) is 4.39. The Labute approximate surface area is 146 Å². The average Bonchev–Trinajstić information content (AvgIpc) is 2.53. The molecule has 1 heterocycles. The van der Waals surface area contributed by atoms with E-state index >= 15 is 0 Å². The Hall–Kier alpha value is -2.60. The number of nitrogens with one attached hydrogen (secondary N) is 1. The van der Waals surface area contributed by atoms with Gasteiger partial charge in [-0.2, -0.15) is 13.2 Å². The average molecular weight is 365 g/mol. The fourth-order valence-electron chi connectivity index (χ4n) is 2.53. The molecule has 0 atom stereocenters. The second-order valence-corrected chi connectivity index (χ2v) is 5.83. The van der Waals surface area contributed by atoms with E-state index in [2.05, 4.69) is 10.3 Å². The Bertz CT molecular complexity index is 970. The molecule has 0 fully saturated rings. The monoisotopic (exact) mass is 364 g/mol. The molecule has 0 bridgehead atoms. The standard InChI is InChI=1S/C18H12ClF3N2O/c1-10-9-15(11-5-2-3-8-14(11)23-10)24-17(25)12-6-4-7-13(16(12)19)18(20,21)22/h2-9H,1H3,(H,23,24,25). The maximum atomic E-state index is 13.0. The number of hydrogen-bond donors (Lipinski definition) is 1. The maximum absolute atomic E-state index is 13.0. The third kappa shape index (κ3) is 3.44. The van der Waals surface area contributed by atoms with Crippen molar-refractivity contribution in [3.8, 4) is 0 Å². The molecule has 0 unspecified atom stereocenters. The third-order valence-corrected chi connectivity index (χ3v) is 4.05. The molecule has 3 nitrogen and oxygen atoms in total. The van der Waals surface area contributed by atoms with Crippen molar-refractivity contribution >= 4 is 34.1 Å². The molecule has 1 amide bonds. The number of rotatable bonds is 2. The summed E-state index contributed by atoms with van der Waals surface area (Å²) in [7, 11) is 0. The Morgan fingerprint density at radius 2 is 1.84 bits per heavy atom. The summed E-state index contributed by atoms with van der Waals surface area (Å²) in [6, 6.07) is 12.0. The van der Waals surface area contributed by atoms with Crippen LogP contribution >= 0.6 is 11.6 Å². The van der Waals surface area contributed by atoms with Gasteiger partial charge in [0.1, 0.15) is 0 Å². The van der Waals surface area contributed by atoms with Crippen LogP contribution in [0.2, 0.25) is 5.02 Å². The molecule has 0 spiro atoms. The number of nitrogens with zero attached hydrogens (tertiary/aromatic N) is 1. The number of alkyl halides is 3. The van der Waals surface area contributed by atoms with Crippen molar-refractivity contribution in [2.45, 2.75) is 13.1 Å². The molecule has 0 aliphatic heterocycles. The minimum Gasteiger partial charge on any atom is -0.321 e. The minimum atomic E-state index is -4.63. The van der Waals surface area contributed by atoms with Crippen LogP contribution in [0.25, 0.3) is 10.9 Å². The van der Waals surface area contributed by atoms with E-state index in [1.807, 2.05) is 6.07 Å². The normalized spacial score (nSPS) is 11.6. The third-order valence-electron chi connectivity index (χ3n) is 3.64. The molecular weight excluding hydrogens is 353 g/mol. The van der Waals surface area contributed by atoms with Crippen LogP contribution in [0.15, 0.2) is 48.5 Å². The number of halogens is 4. The van der Waals surface area contributed by atoms with Crippen molar-refractivity contribution in [2.75, 3.05) is 5.32 Å². The molecule has 1 aromatic heterocycles. The van der Waals surface area contributed by atoms with Gasteiger partial charge in [0.15, 0.2) is 0 Å². The maximum Gasteiger partial charge on any atom is 0.417 e. The molecule has 0 aliphatic carbocycles. The molecule has 128 valence electrons. The van der Waals surface area contributed by atoms with E-state index in [0.717, 1.165) is 12.1 Å². The van der Waals surface area contributed by atoms with Gasteiger partial charge in [-0.3, -0.25) is 9.78 Å². The number of benzene rings is 2. The molecular formula is C18H12ClF3N2O. The predicted molar refractivity (Wildman–Crippen MR) is 90.9 cm³/mol. The summed E-state index contributed by atoms with van der Waals surface area (Å²) in [5, 5.41) is 2.69. The number of amides is 1. The smallest absolute Gasteiger partial charge is 0.321 e. The van der Waals surface area contributed by atoms with Crippen molar-refractivity contribution in [3.63, 3.8) is 0 Å². The van der Waals surface area contributed by atoms with Gasteiger partial charge in [-0.15, -0.1) is 0 Å². The zero-order valence-corrected chi connectivity index (χ0v) is 13.7. The van der Waals surface area contributed by atoms with Crippen LogP contribution in [0.4, 0.5) is 18.9 Å². The van der Waals surface area contributed by atoms with Gasteiger partial charge in [-0.1, -0.05) is 35.9 Å². The number of anilines is 1. The number of carbonyl (C=O) groups is 1. The van der Waals surface area contributed by atoms with Crippen LogP contribution in [0.1, 0.15) is 21.6 Å². The Morgan fingerprint density at radius 1 is 1.12 bits per heavy atom. The molecule has 0 saturated heterocycles. The fourth-order valence-corrected chi connectivity index (χ4v) is 2.85. The van der Waals surface area contributed by atoms with Crippen molar-refractivity contribution < 1.29 is 18.0 Å². The number of pyridine rings is 1. The molecule has 0 saturated carbocycles. The molecule has 1 N–H and O–H groups in total. The lowest BCUT2D eigenvalue weighted by atomic mass is 10.1. The quantitative estimate of drug-likeness (QED) is 0.655. The highest BCUT2D eigenvalue weighted by atomic mass is 35.5. The zero-order valence-electron chi connectivity index (χ0n) is 13.0. The number of aromatic nitrogens is 1. The Balaban J connectivity index is 2.02. The number of para-hydroxylation sites is 1. The number of carbonyl (C=O) groups excluding carboxylic acids is 1. The van der Waals surface area contributed by atoms with E-state index in [0.29, 0.717) is 22.3 Å². The topological polar surface area (TPSA) is 42.0 Å². The van der Waals surface area contributed by atoms with Crippen molar-refractivity contribution in [1.82, 2.24) is 4.98 Å². The molecule has 3 rings (SSSR count). The lowest BCUT2D eigenvalue weighted by Crippen LogP contribution is -2.15. The number of fused-ring (bicyclic) bond motifs is 1. The summed E-state index contributed by atoms with van der Waals surface area (Å²) < 4.78 is 38.9. The zero-order chi connectivity index (χ0) is 18.2. The van der Waals surface area contributed by atoms with Crippen molar-refractivity contribution in [3.05, 3.63) is 70.4 Å². The highest BCUT2D eigenvalue weighted by Crippen LogP contribution is 2.36. The van der Waals surface area contributed by atoms with Crippen molar-refractivity contribution in [1.29, 1.82) is 0 Å². The largest absolute Gasteiger partial charge is 0.417 e. The second-order valence-electron chi connectivity index (χ2n) is 5.45. The van der Waals surface area contributed by atoms with Gasteiger partial charge < -0.3 is 5.32 Å². The summed E-state index contributed by atoms with van der Waals surface area (Å²) in [5.41, 5.74) is 0.520. The summed E-state index contributed by atoms with van der Waals surface area (Å²) in [6.45, 7) is 1.76. The van der Waals surface area contributed by atoms with E-state index in [9.17, 15) is 18.0 Å². The lowest BCUT2D eigenvalue weighted by molar-refractivity contribution is -0.137. The van der Waals surface area contributed by atoms with Crippen LogP contribution in [-0.4, -0.2) is 10.9 Å². The van der Waals surface area contributed by atoms with Gasteiger partial charge in [-0.25, -0.2) is 0 Å². The van der Waals surface area contributed by atoms with E-state index in [1.165, 1.54) is 6.07 Å². The SMILES string of the molecule is Cc1cc(NC(=O)c2cccc(C(F)(F)F)c2Cl)c2ccccc2n1. The number of hydrogen-bond acceptors (Lipinski definition) is 2. The van der Waals surface area contributed by atoms with Gasteiger partial charge >= 0.3 is 6.18 Å². The van der Waals surface area contributed by atoms with Gasteiger partial charge in [0, 0.05) is 11.1 Å². The summed E-state index contributed by atoms with van der Waals surface area (Å²) in [6.07, 6.45) is -4.63. The van der Waals surface area contributed by atoms with Crippen LogP contribution in [0, 0.1) is 6.92 Å². The van der Waals surface area contributed by atoms with Crippen LogP contribution in [0.5, 0.6) is 0 Å². The molecule has 0 radical (unpaired) electrons. The number of aryl methyl sites for hydroxylation is 1. The second kappa shape index (κ2) is 6.37. The first kappa shape index (κ1) is 17.2. The first-order valence-electron chi connectivity index (χ1n) is 7.31. The molecule has 2 aromatic carbocycles. The first-order valence-corrected chi connectivity index (χ1v) is 7.68. The highest BCUT2D eigenvalue weighted by Gasteiger charge is 2.34. The van der Waals surface area contributed by atoms with Gasteiger partial charge in [-0.05, 0) is 31.2 Å². The highest BCUT2D eigenvalue weighted by molar-refractivity contribution is 6.35. The van der Waals surface area contributed by atoms with Crippen molar-refractivity contribution in [2.24, 2.45) is 0 Å². The lowest BCUT2D eigenvalue weighted by Gasteiger charge is -2.13. The first-order chi connectivity index (χ1) is 11.8.